The summed E-state index contributed by atoms with van der Waals surface area (Å²) >= 11 is 0. The maximum atomic E-state index is 11.8. The SMILES string of the molecule is COCc1cc(C)nc(OCC(=O)N/N=C\c2ccc(O)cc2)c1C#N. The number of carbonyl (C=O) groups excluding carboxylic acids is 1. The van der Waals surface area contributed by atoms with Crippen LogP contribution in [0.5, 0.6) is 11.6 Å². The quantitative estimate of drug-likeness (QED) is 0.577. The Hall–Kier alpha value is -3.44. The van der Waals surface area contributed by atoms with Gasteiger partial charge in [-0.1, -0.05) is 0 Å². The maximum absolute atomic E-state index is 11.8. The third-order valence-corrected chi connectivity index (χ3v) is 3.24. The first kappa shape index (κ1) is 18.9. The summed E-state index contributed by atoms with van der Waals surface area (Å²) in [6.45, 7) is 1.66. The summed E-state index contributed by atoms with van der Waals surface area (Å²) in [5, 5.41) is 22.3. The summed E-state index contributed by atoms with van der Waals surface area (Å²) in [4.78, 5) is 16.0. The number of nitriles is 1. The Balaban J connectivity index is 1.96. The fraction of sp³-hybridized carbons (Fsp3) is 0.222. The number of aromatic hydroxyl groups is 1. The summed E-state index contributed by atoms with van der Waals surface area (Å²) in [6, 6.07) is 10.1. The van der Waals surface area contributed by atoms with Gasteiger partial charge >= 0.3 is 0 Å². The van der Waals surface area contributed by atoms with E-state index in [4.69, 9.17) is 9.47 Å². The molecule has 0 radical (unpaired) electrons. The van der Waals surface area contributed by atoms with E-state index in [9.17, 15) is 15.2 Å². The van der Waals surface area contributed by atoms with Crippen LogP contribution in [-0.4, -0.2) is 35.9 Å². The van der Waals surface area contributed by atoms with Crippen LogP contribution in [0, 0.1) is 18.3 Å². The second-order valence-corrected chi connectivity index (χ2v) is 5.32. The van der Waals surface area contributed by atoms with E-state index in [1.54, 1.807) is 25.1 Å². The molecule has 1 aromatic heterocycles. The molecule has 8 nitrogen and oxygen atoms in total. The van der Waals surface area contributed by atoms with Gasteiger partial charge in [-0.2, -0.15) is 10.4 Å². The number of hydrogen-bond donors (Lipinski definition) is 2. The van der Waals surface area contributed by atoms with E-state index in [-0.39, 0.29) is 30.4 Å². The lowest BCUT2D eigenvalue weighted by Gasteiger charge is -2.10. The standard InChI is InChI=1S/C18H18N4O4/c1-12-7-14(10-25-2)16(8-19)18(21-12)26-11-17(24)22-20-9-13-3-5-15(23)6-4-13/h3-7,9,23H,10-11H2,1-2H3,(H,22,24)/b20-9-. The highest BCUT2D eigenvalue weighted by Crippen LogP contribution is 2.21. The summed E-state index contributed by atoms with van der Waals surface area (Å²) in [5.41, 5.74) is 4.55. The number of benzene rings is 1. The highest BCUT2D eigenvalue weighted by atomic mass is 16.5. The van der Waals surface area contributed by atoms with Gasteiger partial charge in [0.05, 0.1) is 12.8 Å². The van der Waals surface area contributed by atoms with E-state index in [0.717, 1.165) is 0 Å². The average Bonchev–Trinajstić information content (AvgIpc) is 2.62. The van der Waals surface area contributed by atoms with Crippen molar-refractivity contribution in [3.63, 3.8) is 0 Å². The minimum Gasteiger partial charge on any atom is -0.508 e. The molecule has 0 fully saturated rings. The lowest BCUT2D eigenvalue weighted by molar-refractivity contribution is -0.123. The van der Waals surface area contributed by atoms with Crippen LogP contribution in [-0.2, 0) is 16.1 Å². The van der Waals surface area contributed by atoms with Gasteiger partial charge in [0.15, 0.2) is 6.61 Å². The Morgan fingerprint density at radius 2 is 2.15 bits per heavy atom. The van der Waals surface area contributed by atoms with E-state index in [1.807, 2.05) is 6.07 Å². The third kappa shape index (κ3) is 5.29. The van der Waals surface area contributed by atoms with Crippen molar-refractivity contribution in [3.8, 4) is 17.7 Å². The lowest BCUT2D eigenvalue weighted by Crippen LogP contribution is -2.25. The Morgan fingerprint density at radius 1 is 1.42 bits per heavy atom. The molecule has 134 valence electrons. The molecule has 0 bridgehead atoms. The molecule has 2 N–H and O–H groups in total. The number of aromatic nitrogens is 1. The molecule has 0 spiro atoms. The first-order valence-corrected chi connectivity index (χ1v) is 7.66. The van der Waals surface area contributed by atoms with Crippen LogP contribution in [0.25, 0.3) is 0 Å². The number of nitrogens with zero attached hydrogens (tertiary/aromatic N) is 3. The molecule has 1 amide bonds. The van der Waals surface area contributed by atoms with Crippen LogP contribution < -0.4 is 10.2 Å². The second kappa shape index (κ2) is 9.15. The molecule has 0 aliphatic carbocycles. The summed E-state index contributed by atoms with van der Waals surface area (Å²) in [6.07, 6.45) is 1.43. The Bertz CT molecular complexity index is 842. The van der Waals surface area contributed by atoms with Crippen LogP contribution >= 0.6 is 0 Å². The molecule has 0 atom stereocenters. The molecular weight excluding hydrogens is 336 g/mol. The zero-order valence-electron chi connectivity index (χ0n) is 14.4. The number of ether oxygens (including phenoxy) is 2. The number of carbonyl (C=O) groups is 1. The predicted molar refractivity (Wildman–Crippen MR) is 93.7 cm³/mol. The zero-order valence-corrected chi connectivity index (χ0v) is 14.4. The number of aryl methyl sites for hydroxylation is 1. The molecule has 0 unspecified atom stereocenters. The van der Waals surface area contributed by atoms with Crippen molar-refractivity contribution in [1.82, 2.24) is 10.4 Å². The van der Waals surface area contributed by atoms with Gasteiger partial charge in [-0.25, -0.2) is 10.4 Å². The third-order valence-electron chi connectivity index (χ3n) is 3.24. The molecule has 0 aliphatic heterocycles. The van der Waals surface area contributed by atoms with Crippen molar-refractivity contribution in [2.45, 2.75) is 13.5 Å². The minimum atomic E-state index is -0.500. The number of phenols is 1. The molecule has 0 saturated heterocycles. The van der Waals surface area contributed by atoms with Crippen molar-refractivity contribution in [2.24, 2.45) is 5.10 Å². The molecule has 8 heteroatoms. The normalized spacial score (nSPS) is 10.5. The van der Waals surface area contributed by atoms with E-state index in [1.165, 1.54) is 25.5 Å². The van der Waals surface area contributed by atoms with E-state index in [2.05, 4.69) is 15.5 Å². The van der Waals surface area contributed by atoms with Crippen LogP contribution in [0.2, 0.25) is 0 Å². The molecular formula is C18H18N4O4. The number of nitrogens with one attached hydrogen (secondary N) is 1. The first-order chi connectivity index (χ1) is 12.5. The number of hydrazone groups is 1. The summed E-state index contributed by atoms with van der Waals surface area (Å²) < 4.78 is 10.4. The van der Waals surface area contributed by atoms with Crippen molar-refractivity contribution < 1.29 is 19.4 Å². The van der Waals surface area contributed by atoms with Gasteiger partial charge in [0, 0.05) is 18.4 Å². The molecule has 2 rings (SSSR count). The average molecular weight is 354 g/mol. The number of pyridine rings is 1. The van der Waals surface area contributed by atoms with Gasteiger partial charge < -0.3 is 14.6 Å². The molecule has 26 heavy (non-hydrogen) atoms. The number of phenolic OH excluding ortho intramolecular Hbond substituents is 1. The zero-order chi connectivity index (χ0) is 18.9. The second-order valence-electron chi connectivity index (χ2n) is 5.32. The Morgan fingerprint density at radius 3 is 2.81 bits per heavy atom. The first-order valence-electron chi connectivity index (χ1n) is 7.66. The predicted octanol–water partition coefficient (Wildman–Crippen LogP) is 1.64. The molecule has 2 aromatic rings. The number of amides is 1. The maximum Gasteiger partial charge on any atom is 0.278 e. The lowest BCUT2D eigenvalue weighted by atomic mass is 10.1. The fourth-order valence-electron chi connectivity index (χ4n) is 2.11. The van der Waals surface area contributed by atoms with Gasteiger partial charge in [0.25, 0.3) is 5.91 Å². The number of methoxy groups -OCH3 is 1. The van der Waals surface area contributed by atoms with Crippen molar-refractivity contribution in [1.29, 1.82) is 5.26 Å². The van der Waals surface area contributed by atoms with Crippen molar-refractivity contribution in [3.05, 3.63) is 52.7 Å². The van der Waals surface area contributed by atoms with Crippen molar-refractivity contribution in [2.75, 3.05) is 13.7 Å². The topological polar surface area (TPSA) is 117 Å². The smallest absolute Gasteiger partial charge is 0.278 e. The highest BCUT2D eigenvalue weighted by molar-refractivity contribution is 5.83. The van der Waals surface area contributed by atoms with Gasteiger partial charge in [-0.3, -0.25) is 4.79 Å². The van der Waals surface area contributed by atoms with E-state index < -0.39 is 5.91 Å². The Kier molecular flexibility index (Phi) is 6.65. The van der Waals surface area contributed by atoms with E-state index in [0.29, 0.717) is 16.8 Å². The van der Waals surface area contributed by atoms with Gasteiger partial charge in [0.2, 0.25) is 5.88 Å². The fourth-order valence-corrected chi connectivity index (χ4v) is 2.11. The molecule has 1 heterocycles. The largest absolute Gasteiger partial charge is 0.508 e. The van der Waals surface area contributed by atoms with Gasteiger partial charge in [-0.05, 0) is 42.8 Å². The monoisotopic (exact) mass is 354 g/mol. The van der Waals surface area contributed by atoms with Gasteiger partial charge in [0.1, 0.15) is 17.4 Å². The highest BCUT2D eigenvalue weighted by Gasteiger charge is 2.14. The summed E-state index contributed by atoms with van der Waals surface area (Å²) in [5.74, 6) is -0.274. The molecule has 0 saturated carbocycles. The van der Waals surface area contributed by atoms with Gasteiger partial charge in [-0.15, -0.1) is 0 Å². The Labute approximate surface area is 150 Å². The van der Waals surface area contributed by atoms with Crippen molar-refractivity contribution >= 4 is 12.1 Å². The number of hydrogen-bond acceptors (Lipinski definition) is 7. The molecule has 1 aromatic carbocycles. The van der Waals surface area contributed by atoms with Crippen LogP contribution in [0.3, 0.4) is 0 Å². The summed E-state index contributed by atoms with van der Waals surface area (Å²) in [7, 11) is 1.52. The van der Waals surface area contributed by atoms with Crippen LogP contribution in [0.4, 0.5) is 0 Å². The van der Waals surface area contributed by atoms with E-state index >= 15 is 0 Å². The minimum absolute atomic E-state index is 0.0808. The van der Waals surface area contributed by atoms with Crippen LogP contribution in [0.1, 0.15) is 22.4 Å². The molecule has 0 aliphatic rings. The van der Waals surface area contributed by atoms with Crippen LogP contribution in [0.15, 0.2) is 35.4 Å². The number of rotatable bonds is 7.